The van der Waals surface area contributed by atoms with Gasteiger partial charge in [0.15, 0.2) is 0 Å². The van der Waals surface area contributed by atoms with Gasteiger partial charge in [-0.05, 0) is 59.2 Å². The number of alkyl halides is 1. The van der Waals surface area contributed by atoms with Crippen molar-refractivity contribution in [3.05, 3.63) is 113 Å². The SMILES string of the molecule is Brc1ccc(N(c2ccccc2)c2ccc(-c3ccccc3)cc2)c(CI)c1. The van der Waals surface area contributed by atoms with Gasteiger partial charge < -0.3 is 4.90 Å². The van der Waals surface area contributed by atoms with Crippen LogP contribution in [0.2, 0.25) is 0 Å². The molecule has 0 aliphatic carbocycles. The van der Waals surface area contributed by atoms with Crippen molar-refractivity contribution in [3.63, 3.8) is 0 Å². The van der Waals surface area contributed by atoms with E-state index in [1.54, 1.807) is 0 Å². The van der Waals surface area contributed by atoms with Gasteiger partial charge in [0.2, 0.25) is 0 Å². The predicted octanol–water partition coefficient (Wildman–Crippen LogP) is 8.52. The summed E-state index contributed by atoms with van der Waals surface area (Å²) in [5.41, 5.74) is 7.27. The van der Waals surface area contributed by atoms with E-state index in [0.717, 1.165) is 20.3 Å². The molecule has 0 unspecified atom stereocenters. The first-order chi connectivity index (χ1) is 13.8. The van der Waals surface area contributed by atoms with Crippen molar-refractivity contribution in [2.45, 2.75) is 4.43 Å². The second kappa shape index (κ2) is 8.93. The van der Waals surface area contributed by atoms with Crippen LogP contribution >= 0.6 is 38.5 Å². The minimum absolute atomic E-state index is 0.942. The monoisotopic (exact) mass is 539 g/mol. The molecule has 4 rings (SSSR count). The number of hydrogen-bond donors (Lipinski definition) is 0. The Labute approximate surface area is 188 Å². The van der Waals surface area contributed by atoms with Gasteiger partial charge in [0.1, 0.15) is 0 Å². The van der Waals surface area contributed by atoms with Crippen LogP contribution in [-0.4, -0.2) is 0 Å². The molecule has 0 spiro atoms. The van der Waals surface area contributed by atoms with E-state index in [0.29, 0.717) is 0 Å². The Morgan fingerprint density at radius 2 is 1.21 bits per heavy atom. The smallest absolute Gasteiger partial charge is 0.0502 e. The van der Waals surface area contributed by atoms with Crippen molar-refractivity contribution in [2.24, 2.45) is 0 Å². The van der Waals surface area contributed by atoms with E-state index >= 15 is 0 Å². The molecule has 138 valence electrons. The molecule has 0 saturated heterocycles. The highest BCUT2D eigenvalue weighted by atomic mass is 127. The maximum atomic E-state index is 3.61. The average molecular weight is 540 g/mol. The predicted molar refractivity (Wildman–Crippen MR) is 132 cm³/mol. The van der Waals surface area contributed by atoms with Gasteiger partial charge >= 0.3 is 0 Å². The Balaban J connectivity index is 1.81. The molecular formula is C25H19BrIN. The van der Waals surface area contributed by atoms with Crippen LogP contribution in [0.5, 0.6) is 0 Å². The fraction of sp³-hybridized carbons (Fsp3) is 0.0400. The summed E-state index contributed by atoms with van der Waals surface area (Å²) < 4.78 is 2.05. The summed E-state index contributed by atoms with van der Waals surface area (Å²) in [7, 11) is 0. The largest absolute Gasteiger partial charge is 0.310 e. The van der Waals surface area contributed by atoms with Gasteiger partial charge in [-0.1, -0.05) is 99.2 Å². The molecule has 0 radical (unpaired) electrons. The van der Waals surface area contributed by atoms with Crippen LogP contribution in [0, 0.1) is 0 Å². The van der Waals surface area contributed by atoms with Crippen LogP contribution in [0.15, 0.2) is 108 Å². The molecule has 0 saturated carbocycles. The molecule has 0 aliphatic heterocycles. The summed E-state index contributed by atoms with van der Waals surface area (Å²) in [6.07, 6.45) is 0. The van der Waals surface area contributed by atoms with Crippen LogP contribution in [0.4, 0.5) is 17.1 Å². The lowest BCUT2D eigenvalue weighted by Crippen LogP contribution is -2.11. The highest BCUT2D eigenvalue weighted by Crippen LogP contribution is 2.39. The minimum Gasteiger partial charge on any atom is -0.310 e. The quantitative estimate of drug-likeness (QED) is 0.181. The number of hydrogen-bond acceptors (Lipinski definition) is 1. The zero-order chi connectivity index (χ0) is 19.3. The standard InChI is InChI=1S/C25H19BrIN/c26-22-13-16-25(21(17-22)18-27)28(23-9-5-2-6-10-23)24-14-11-20(12-15-24)19-7-3-1-4-8-19/h1-17H,18H2. The number of anilines is 3. The summed E-state index contributed by atoms with van der Waals surface area (Å²) in [5.74, 6) is 0. The first-order valence-electron chi connectivity index (χ1n) is 9.11. The zero-order valence-corrected chi connectivity index (χ0v) is 19.0. The van der Waals surface area contributed by atoms with Crippen LogP contribution in [0.25, 0.3) is 11.1 Å². The molecule has 4 aromatic rings. The van der Waals surface area contributed by atoms with E-state index in [-0.39, 0.29) is 0 Å². The van der Waals surface area contributed by atoms with E-state index in [2.05, 4.69) is 140 Å². The van der Waals surface area contributed by atoms with E-state index in [1.165, 1.54) is 22.4 Å². The lowest BCUT2D eigenvalue weighted by Gasteiger charge is -2.27. The normalized spacial score (nSPS) is 10.6. The Morgan fingerprint density at radius 1 is 0.643 bits per heavy atom. The average Bonchev–Trinajstić information content (AvgIpc) is 2.77. The molecule has 0 N–H and O–H groups in total. The molecule has 0 bridgehead atoms. The molecule has 0 heterocycles. The third-order valence-electron chi connectivity index (χ3n) is 4.67. The van der Waals surface area contributed by atoms with Crippen molar-refractivity contribution in [2.75, 3.05) is 4.90 Å². The Bertz CT molecular complexity index is 1050. The van der Waals surface area contributed by atoms with Crippen molar-refractivity contribution >= 4 is 55.6 Å². The molecule has 0 atom stereocenters. The summed E-state index contributed by atoms with van der Waals surface area (Å²) in [4.78, 5) is 2.33. The van der Waals surface area contributed by atoms with Gasteiger partial charge in [-0.2, -0.15) is 0 Å². The van der Waals surface area contributed by atoms with E-state index in [4.69, 9.17) is 0 Å². The van der Waals surface area contributed by atoms with Gasteiger partial charge in [0.25, 0.3) is 0 Å². The Hall–Kier alpha value is -2.11. The first kappa shape index (κ1) is 19.2. The maximum Gasteiger partial charge on any atom is 0.0502 e. The van der Waals surface area contributed by atoms with E-state index in [1.807, 2.05) is 6.07 Å². The minimum atomic E-state index is 0.942. The van der Waals surface area contributed by atoms with Gasteiger partial charge in [0.05, 0.1) is 5.69 Å². The molecule has 3 heteroatoms. The molecule has 0 fully saturated rings. The second-order valence-electron chi connectivity index (χ2n) is 6.49. The van der Waals surface area contributed by atoms with Gasteiger partial charge in [-0.25, -0.2) is 0 Å². The van der Waals surface area contributed by atoms with Crippen molar-refractivity contribution in [1.29, 1.82) is 0 Å². The fourth-order valence-corrected chi connectivity index (χ4v) is 4.34. The molecule has 0 aliphatic rings. The van der Waals surface area contributed by atoms with Gasteiger partial charge in [-0.3, -0.25) is 0 Å². The number of halogens is 2. The van der Waals surface area contributed by atoms with Crippen molar-refractivity contribution in [1.82, 2.24) is 0 Å². The number of benzene rings is 4. The third-order valence-corrected chi connectivity index (χ3v) is 5.99. The van der Waals surface area contributed by atoms with Crippen LogP contribution in [-0.2, 0) is 4.43 Å². The maximum absolute atomic E-state index is 3.61. The van der Waals surface area contributed by atoms with Crippen molar-refractivity contribution < 1.29 is 0 Å². The highest BCUT2D eigenvalue weighted by Gasteiger charge is 2.16. The topological polar surface area (TPSA) is 3.24 Å². The van der Waals surface area contributed by atoms with E-state index < -0.39 is 0 Å². The molecule has 4 aromatic carbocycles. The Morgan fingerprint density at radius 3 is 1.86 bits per heavy atom. The summed E-state index contributed by atoms with van der Waals surface area (Å²) in [6, 6.07) is 36.3. The third kappa shape index (κ3) is 4.15. The number of rotatable bonds is 5. The number of nitrogens with zero attached hydrogens (tertiary/aromatic N) is 1. The molecule has 28 heavy (non-hydrogen) atoms. The van der Waals surface area contributed by atoms with Gasteiger partial charge in [0, 0.05) is 20.3 Å². The van der Waals surface area contributed by atoms with Crippen LogP contribution < -0.4 is 4.90 Å². The second-order valence-corrected chi connectivity index (χ2v) is 8.17. The molecule has 0 amide bonds. The van der Waals surface area contributed by atoms with Crippen molar-refractivity contribution in [3.8, 4) is 11.1 Å². The van der Waals surface area contributed by atoms with Crippen LogP contribution in [0.1, 0.15) is 5.56 Å². The highest BCUT2D eigenvalue weighted by molar-refractivity contribution is 14.1. The first-order valence-corrected chi connectivity index (χ1v) is 11.4. The summed E-state index contributed by atoms with van der Waals surface area (Å²) in [6.45, 7) is 0. The molecule has 1 nitrogen and oxygen atoms in total. The Kier molecular flexibility index (Phi) is 6.13. The lowest BCUT2D eigenvalue weighted by atomic mass is 10.0. The summed E-state index contributed by atoms with van der Waals surface area (Å²) in [5, 5.41) is 0. The van der Waals surface area contributed by atoms with Gasteiger partial charge in [-0.15, -0.1) is 0 Å². The van der Waals surface area contributed by atoms with E-state index in [9.17, 15) is 0 Å². The molecular weight excluding hydrogens is 521 g/mol. The number of para-hydroxylation sites is 1. The fourth-order valence-electron chi connectivity index (χ4n) is 3.32. The lowest BCUT2D eigenvalue weighted by molar-refractivity contribution is 1.24. The zero-order valence-electron chi connectivity index (χ0n) is 15.2. The summed E-state index contributed by atoms with van der Waals surface area (Å²) >= 11 is 6.05. The molecule has 0 aromatic heterocycles. The van der Waals surface area contributed by atoms with Crippen LogP contribution in [0.3, 0.4) is 0 Å².